The molecule has 6 heteroatoms. The molecular weight excluding hydrogens is 312 g/mol. The van der Waals surface area contributed by atoms with Gasteiger partial charge in [0.15, 0.2) is 0 Å². The molecule has 1 amide bonds. The molecule has 2 fully saturated rings. The van der Waals surface area contributed by atoms with Gasteiger partial charge in [-0.15, -0.1) is 11.3 Å². The molecule has 2 aliphatic heterocycles. The van der Waals surface area contributed by atoms with Gasteiger partial charge in [-0.1, -0.05) is 13.8 Å². The number of nitrogens with zero attached hydrogens (tertiary/aromatic N) is 1. The van der Waals surface area contributed by atoms with E-state index in [-0.39, 0.29) is 17.6 Å². The Morgan fingerprint density at radius 3 is 2.74 bits per heavy atom. The first-order valence-corrected chi connectivity index (χ1v) is 9.31. The van der Waals surface area contributed by atoms with Gasteiger partial charge in [-0.3, -0.25) is 4.79 Å². The molecule has 0 aliphatic carbocycles. The molecule has 1 aromatic rings. The smallest absolute Gasteiger partial charge is 0.263 e. The van der Waals surface area contributed by atoms with Crippen LogP contribution in [0.1, 0.15) is 65.8 Å². The van der Waals surface area contributed by atoms with E-state index in [0.29, 0.717) is 12.5 Å². The summed E-state index contributed by atoms with van der Waals surface area (Å²) in [5.74, 6) is 0.370. The predicted molar refractivity (Wildman–Crippen MR) is 90.2 cm³/mol. The summed E-state index contributed by atoms with van der Waals surface area (Å²) in [6, 6.07) is 0.179. The monoisotopic (exact) mass is 338 g/mol. The molecule has 3 heterocycles. The second-order valence-corrected chi connectivity index (χ2v) is 7.96. The molecule has 1 N–H and O–H groups in total. The van der Waals surface area contributed by atoms with Crippen molar-refractivity contribution < 1.29 is 14.3 Å². The van der Waals surface area contributed by atoms with Gasteiger partial charge in [-0.05, 0) is 32.6 Å². The first-order chi connectivity index (χ1) is 11.0. The van der Waals surface area contributed by atoms with Gasteiger partial charge >= 0.3 is 0 Å². The lowest BCUT2D eigenvalue weighted by molar-refractivity contribution is -0.139. The van der Waals surface area contributed by atoms with Crippen LogP contribution in [0.25, 0.3) is 0 Å². The Bertz CT molecular complexity index is 559. The molecule has 3 rings (SSSR count). The SMILES string of the molecule is Cc1nc(C(C)C)sc1C(=O)N[C@H]1CCOC2(CCOCC2)C1. The van der Waals surface area contributed by atoms with Gasteiger partial charge in [-0.2, -0.15) is 0 Å². The second-order valence-electron chi connectivity index (χ2n) is 6.93. The molecule has 0 radical (unpaired) electrons. The van der Waals surface area contributed by atoms with Gasteiger partial charge in [0.05, 0.1) is 16.3 Å². The molecule has 0 aromatic carbocycles. The standard InChI is InChI=1S/C17H26N2O3S/c1-11(2)16-18-12(3)14(23-16)15(20)19-13-4-7-22-17(10-13)5-8-21-9-6-17/h11,13H,4-10H2,1-3H3,(H,19,20)/t13-/m0/s1. The molecule has 23 heavy (non-hydrogen) atoms. The molecule has 1 spiro atoms. The number of amides is 1. The normalized spacial score (nSPS) is 24.1. The topological polar surface area (TPSA) is 60.5 Å². The van der Waals surface area contributed by atoms with Crippen molar-refractivity contribution in [3.8, 4) is 0 Å². The zero-order chi connectivity index (χ0) is 16.4. The van der Waals surface area contributed by atoms with Crippen LogP contribution in [-0.2, 0) is 9.47 Å². The number of thiazole rings is 1. The lowest BCUT2D eigenvalue weighted by atomic mass is 9.84. The highest BCUT2D eigenvalue weighted by molar-refractivity contribution is 7.13. The summed E-state index contributed by atoms with van der Waals surface area (Å²) in [4.78, 5) is 17.9. The molecule has 0 saturated carbocycles. The highest BCUT2D eigenvalue weighted by Gasteiger charge is 2.39. The van der Waals surface area contributed by atoms with Crippen molar-refractivity contribution in [2.24, 2.45) is 0 Å². The van der Waals surface area contributed by atoms with E-state index in [1.807, 2.05) is 6.92 Å². The lowest BCUT2D eigenvalue weighted by Gasteiger charge is -2.43. The minimum atomic E-state index is -0.0969. The highest BCUT2D eigenvalue weighted by Crippen LogP contribution is 2.34. The number of nitrogens with one attached hydrogen (secondary N) is 1. The number of hydrogen-bond acceptors (Lipinski definition) is 5. The van der Waals surface area contributed by atoms with Crippen LogP contribution < -0.4 is 5.32 Å². The summed E-state index contributed by atoms with van der Waals surface area (Å²) in [7, 11) is 0. The lowest BCUT2D eigenvalue weighted by Crippen LogP contribution is -2.51. The Labute approximate surface area is 141 Å². The van der Waals surface area contributed by atoms with Crippen molar-refractivity contribution in [3.63, 3.8) is 0 Å². The van der Waals surface area contributed by atoms with Crippen molar-refractivity contribution in [1.82, 2.24) is 10.3 Å². The largest absolute Gasteiger partial charge is 0.381 e. The number of carbonyl (C=O) groups is 1. The van der Waals surface area contributed by atoms with E-state index in [0.717, 1.165) is 54.5 Å². The van der Waals surface area contributed by atoms with Crippen molar-refractivity contribution in [1.29, 1.82) is 0 Å². The minimum absolute atomic E-state index is 0.0148. The van der Waals surface area contributed by atoms with Crippen LogP contribution in [0.15, 0.2) is 0 Å². The molecule has 2 saturated heterocycles. The zero-order valence-corrected chi connectivity index (χ0v) is 15.0. The zero-order valence-electron chi connectivity index (χ0n) is 14.2. The first-order valence-electron chi connectivity index (χ1n) is 8.49. The van der Waals surface area contributed by atoms with Crippen LogP contribution in [0.3, 0.4) is 0 Å². The number of carbonyl (C=O) groups excluding carboxylic acids is 1. The fourth-order valence-electron chi connectivity index (χ4n) is 3.37. The third-order valence-corrected chi connectivity index (χ3v) is 6.20. The number of hydrogen-bond donors (Lipinski definition) is 1. The fourth-order valence-corrected chi connectivity index (χ4v) is 4.34. The van der Waals surface area contributed by atoms with Crippen LogP contribution in [0.4, 0.5) is 0 Å². The van der Waals surface area contributed by atoms with Crippen LogP contribution in [-0.4, -0.2) is 42.4 Å². The minimum Gasteiger partial charge on any atom is -0.381 e. The van der Waals surface area contributed by atoms with Crippen molar-refractivity contribution in [2.75, 3.05) is 19.8 Å². The van der Waals surface area contributed by atoms with Crippen molar-refractivity contribution in [3.05, 3.63) is 15.6 Å². The van der Waals surface area contributed by atoms with Crippen LogP contribution in [0.2, 0.25) is 0 Å². The molecule has 0 unspecified atom stereocenters. The van der Waals surface area contributed by atoms with E-state index in [2.05, 4.69) is 24.1 Å². The first kappa shape index (κ1) is 16.9. The molecule has 1 aromatic heterocycles. The molecule has 128 valence electrons. The van der Waals surface area contributed by atoms with E-state index in [1.165, 1.54) is 11.3 Å². The highest BCUT2D eigenvalue weighted by atomic mass is 32.1. The third-order valence-electron chi connectivity index (χ3n) is 4.75. The Morgan fingerprint density at radius 1 is 1.35 bits per heavy atom. The second kappa shape index (κ2) is 6.87. The van der Waals surface area contributed by atoms with Gasteiger partial charge in [0.2, 0.25) is 0 Å². The van der Waals surface area contributed by atoms with E-state index < -0.39 is 0 Å². The van der Waals surface area contributed by atoms with E-state index in [9.17, 15) is 4.79 Å². The summed E-state index contributed by atoms with van der Waals surface area (Å²) in [6.07, 6.45) is 3.62. The van der Waals surface area contributed by atoms with E-state index in [1.54, 1.807) is 0 Å². The average Bonchev–Trinajstić information content (AvgIpc) is 2.90. The summed E-state index contributed by atoms with van der Waals surface area (Å²) >= 11 is 1.52. The number of ether oxygens (including phenoxy) is 2. The van der Waals surface area contributed by atoms with Gasteiger partial charge in [0, 0.05) is 31.8 Å². The summed E-state index contributed by atoms with van der Waals surface area (Å²) in [5, 5.41) is 4.24. The van der Waals surface area contributed by atoms with Crippen LogP contribution in [0, 0.1) is 6.92 Å². The molecule has 5 nitrogen and oxygen atoms in total. The number of rotatable bonds is 3. The third kappa shape index (κ3) is 3.75. The van der Waals surface area contributed by atoms with E-state index >= 15 is 0 Å². The maximum absolute atomic E-state index is 12.6. The predicted octanol–water partition coefficient (Wildman–Crippen LogP) is 3.03. The molecule has 1 atom stereocenters. The summed E-state index contributed by atoms with van der Waals surface area (Å²) in [6.45, 7) is 8.35. The number of aromatic nitrogens is 1. The van der Waals surface area contributed by atoms with Gasteiger partial charge in [-0.25, -0.2) is 4.98 Å². The van der Waals surface area contributed by atoms with Crippen LogP contribution >= 0.6 is 11.3 Å². The quantitative estimate of drug-likeness (QED) is 0.920. The number of aryl methyl sites for hydroxylation is 1. The molecular formula is C17H26N2O3S. The van der Waals surface area contributed by atoms with Gasteiger partial charge in [0.1, 0.15) is 4.88 Å². The van der Waals surface area contributed by atoms with Crippen molar-refractivity contribution in [2.45, 2.75) is 64.0 Å². The maximum atomic E-state index is 12.6. The average molecular weight is 338 g/mol. The Balaban J connectivity index is 1.65. The van der Waals surface area contributed by atoms with Crippen LogP contribution in [0.5, 0.6) is 0 Å². The fraction of sp³-hybridized carbons (Fsp3) is 0.765. The van der Waals surface area contributed by atoms with Gasteiger partial charge in [0.25, 0.3) is 5.91 Å². The summed E-state index contributed by atoms with van der Waals surface area (Å²) < 4.78 is 11.5. The summed E-state index contributed by atoms with van der Waals surface area (Å²) in [5.41, 5.74) is 0.740. The molecule has 2 aliphatic rings. The van der Waals surface area contributed by atoms with Crippen molar-refractivity contribution >= 4 is 17.2 Å². The van der Waals surface area contributed by atoms with E-state index in [4.69, 9.17) is 9.47 Å². The Kier molecular flexibility index (Phi) is 5.04. The molecule has 0 bridgehead atoms. The maximum Gasteiger partial charge on any atom is 0.263 e. The Hall–Kier alpha value is -0.980. The Morgan fingerprint density at radius 2 is 2.09 bits per heavy atom. The van der Waals surface area contributed by atoms with Gasteiger partial charge < -0.3 is 14.8 Å².